The standard InChI is InChI=1S/C12H11BrClN/c1-9(7-14)8-15-5-4-10-2-3-11(13)6-12(10)15/h2-7H,8H2,1H3/b9-7-. The molecule has 0 aliphatic rings. The van der Waals surface area contributed by atoms with Crippen LogP contribution in [0.15, 0.2) is 46.0 Å². The molecule has 2 aromatic rings. The summed E-state index contributed by atoms with van der Waals surface area (Å²) in [6.07, 6.45) is 2.08. The Hall–Kier alpha value is -0.730. The van der Waals surface area contributed by atoms with E-state index < -0.39 is 0 Å². The molecule has 3 heteroatoms. The van der Waals surface area contributed by atoms with Gasteiger partial charge in [-0.3, -0.25) is 0 Å². The number of hydrogen-bond acceptors (Lipinski definition) is 0. The summed E-state index contributed by atoms with van der Waals surface area (Å²) in [5, 5.41) is 1.25. The van der Waals surface area contributed by atoms with Crippen molar-refractivity contribution in [1.82, 2.24) is 4.57 Å². The van der Waals surface area contributed by atoms with Gasteiger partial charge in [-0.2, -0.15) is 0 Å². The van der Waals surface area contributed by atoms with Crippen LogP contribution in [0.1, 0.15) is 6.92 Å². The first kappa shape index (κ1) is 10.8. The molecule has 0 N–H and O–H groups in total. The van der Waals surface area contributed by atoms with E-state index in [1.165, 1.54) is 10.9 Å². The fraction of sp³-hybridized carbons (Fsp3) is 0.167. The lowest BCUT2D eigenvalue weighted by Crippen LogP contribution is -1.96. The molecule has 0 radical (unpaired) electrons. The summed E-state index contributed by atoms with van der Waals surface area (Å²) in [7, 11) is 0. The fourth-order valence-corrected chi connectivity index (χ4v) is 2.02. The maximum atomic E-state index is 5.67. The number of fused-ring (bicyclic) bond motifs is 1. The Labute approximate surface area is 102 Å². The number of halogens is 2. The summed E-state index contributed by atoms with van der Waals surface area (Å²) in [5.41, 5.74) is 4.00. The first-order chi connectivity index (χ1) is 7.20. The molecule has 1 aromatic carbocycles. The van der Waals surface area contributed by atoms with Gasteiger partial charge in [-0.05, 0) is 36.1 Å². The zero-order valence-electron chi connectivity index (χ0n) is 8.37. The lowest BCUT2D eigenvalue weighted by molar-refractivity contribution is 0.821. The first-order valence-electron chi connectivity index (χ1n) is 4.71. The average molecular weight is 285 g/mol. The van der Waals surface area contributed by atoms with Crippen molar-refractivity contribution in [2.75, 3.05) is 0 Å². The van der Waals surface area contributed by atoms with Gasteiger partial charge in [-0.15, -0.1) is 0 Å². The van der Waals surface area contributed by atoms with Crippen LogP contribution in [0.2, 0.25) is 0 Å². The maximum absolute atomic E-state index is 5.67. The van der Waals surface area contributed by atoms with E-state index >= 15 is 0 Å². The molecule has 15 heavy (non-hydrogen) atoms. The Kier molecular flexibility index (Phi) is 3.17. The summed E-state index contributed by atoms with van der Waals surface area (Å²) in [6, 6.07) is 8.40. The van der Waals surface area contributed by atoms with Gasteiger partial charge in [0.1, 0.15) is 0 Å². The summed E-state index contributed by atoms with van der Waals surface area (Å²) in [5.74, 6) is 0. The topological polar surface area (TPSA) is 4.93 Å². The Bertz CT molecular complexity index is 513. The van der Waals surface area contributed by atoms with Gasteiger partial charge in [-0.25, -0.2) is 0 Å². The van der Waals surface area contributed by atoms with Crippen molar-refractivity contribution in [3.8, 4) is 0 Å². The van der Waals surface area contributed by atoms with Crippen LogP contribution in [0.25, 0.3) is 10.9 Å². The second-order valence-corrected chi connectivity index (χ2v) is 4.74. The second-order valence-electron chi connectivity index (χ2n) is 3.60. The van der Waals surface area contributed by atoms with Crippen LogP contribution in [0.3, 0.4) is 0 Å². The normalized spacial score (nSPS) is 12.3. The van der Waals surface area contributed by atoms with Crippen LogP contribution in [0.4, 0.5) is 0 Å². The Morgan fingerprint density at radius 3 is 3.00 bits per heavy atom. The van der Waals surface area contributed by atoms with Crippen molar-refractivity contribution in [2.45, 2.75) is 13.5 Å². The minimum absolute atomic E-state index is 0.837. The molecule has 0 aliphatic carbocycles. The maximum Gasteiger partial charge on any atom is 0.0494 e. The summed E-state index contributed by atoms with van der Waals surface area (Å²) < 4.78 is 3.29. The van der Waals surface area contributed by atoms with Gasteiger partial charge in [-0.1, -0.05) is 33.6 Å². The third-order valence-corrected chi connectivity index (χ3v) is 3.21. The smallest absolute Gasteiger partial charge is 0.0494 e. The van der Waals surface area contributed by atoms with Gasteiger partial charge in [0.15, 0.2) is 0 Å². The van der Waals surface area contributed by atoms with Crippen molar-refractivity contribution >= 4 is 38.4 Å². The third-order valence-electron chi connectivity index (χ3n) is 2.34. The molecular formula is C12H11BrClN. The molecular weight excluding hydrogens is 273 g/mol. The predicted molar refractivity (Wildman–Crippen MR) is 69.2 cm³/mol. The monoisotopic (exact) mass is 283 g/mol. The highest BCUT2D eigenvalue weighted by atomic mass is 79.9. The molecule has 0 amide bonds. The van der Waals surface area contributed by atoms with E-state index in [4.69, 9.17) is 11.6 Å². The predicted octanol–water partition coefficient (Wildman–Crippen LogP) is 4.55. The highest BCUT2D eigenvalue weighted by molar-refractivity contribution is 9.10. The number of rotatable bonds is 2. The second kappa shape index (κ2) is 4.42. The van der Waals surface area contributed by atoms with Crippen LogP contribution in [0.5, 0.6) is 0 Å². The molecule has 1 heterocycles. The number of benzene rings is 1. The summed E-state index contributed by atoms with van der Waals surface area (Å²) in [6.45, 7) is 2.86. The minimum Gasteiger partial charge on any atom is -0.343 e. The van der Waals surface area contributed by atoms with E-state index in [0.29, 0.717) is 0 Å². The molecule has 0 bridgehead atoms. The summed E-state index contributed by atoms with van der Waals surface area (Å²) >= 11 is 9.15. The van der Waals surface area contributed by atoms with E-state index in [2.05, 4.69) is 51.0 Å². The van der Waals surface area contributed by atoms with Crippen molar-refractivity contribution in [3.05, 3.63) is 46.0 Å². The number of hydrogen-bond donors (Lipinski definition) is 0. The Morgan fingerprint density at radius 2 is 2.27 bits per heavy atom. The van der Waals surface area contributed by atoms with Gasteiger partial charge in [0.25, 0.3) is 0 Å². The van der Waals surface area contributed by atoms with Gasteiger partial charge < -0.3 is 4.57 Å². The zero-order chi connectivity index (χ0) is 10.8. The van der Waals surface area contributed by atoms with E-state index in [1.54, 1.807) is 5.54 Å². The zero-order valence-corrected chi connectivity index (χ0v) is 10.7. The van der Waals surface area contributed by atoms with Gasteiger partial charge >= 0.3 is 0 Å². The van der Waals surface area contributed by atoms with Crippen molar-refractivity contribution in [2.24, 2.45) is 0 Å². The highest BCUT2D eigenvalue weighted by Crippen LogP contribution is 2.21. The number of aromatic nitrogens is 1. The van der Waals surface area contributed by atoms with Crippen LogP contribution in [-0.4, -0.2) is 4.57 Å². The molecule has 0 saturated heterocycles. The quantitative estimate of drug-likeness (QED) is 0.762. The first-order valence-corrected chi connectivity index (χ1v) is 5.94. The minimum atomic E-state index is 0.837. The van der Waals surface area contributed by atoms with Gasteiger partial charge in [0.05, 0.1) is 0 Å². The molecule has 0 fully saturated rings. The molecule has 1 nitrogen and oxygen atoms in total. The van der Waals surface area contributed by atoms with Crippen LogP contribution < -0.4 is 0 Å². The van der Waals surface area contributed by atoms with E-state index in [1.807, 2.05) is 6.92 Å². The lowest BCUT2D eigenvalue weighted by atomic mass is 10.2. The van der Waals surface area contributed by atoms with Gasteiger partial charge in [0, 0.05) is 28.3 Å². The Balaban J connectivity index is 2.48. The number of nitrogens with zero attached hydrogens (tertiary/aromatic N) is 1. The van der Waals surface area contributed by atoms with Crippen LogP contribution >= 0.6 is 27.5 Å². The van der Waals surface area contributed by atoms with E-state index in [0.717, 1.165) is 16.6 Å². The van der Waals surface area contributed by atoms with E-state index in [-0.39, 0.29) is 0 Å². The van der Waals surface area contributed by atoms with Crippen molar-refractivity contribution < 1.29 is 0 Å². The van der Waals surface area contributed by atoms with Gasteiger partial charge in [0.2, 0.25) is 0 Å². The average Bonchev–Trinajstić information content (AvgIpc) is 2.61. The molecule has 78 valence electrons. The third kappa shape index (κ3) is 2.27. The van der Waals surface area contributed by atoms with E-state index in [9.17, 15) is 0 Å². The largest absolute Gasteiger partial charge is 0.343 e. The van der Waals surface area contributed by atoms with Crippen molar-refractivity contribution in [1.29, 1.82) is 0 Å². The van der Waals surface area contributed by atoms with Crippen LogP contribution in [-0.2, 0) is 6.54 Å². The lowest BCUT2D eigenvalue weighted by Gasteiger charge is -2.05. The molecule has 0 unspecified atom stereocenters. The highest BCUT2D eigenvalue weighted by Gasteiger charge is 2.01. The summed E-state index contributed by atoms with van der Waals surface area (Å²) in [4.78, 5) is 0. The molecule has 0 saturated carbocycles. The molecule has 0 aliphatic heterocycles. The molecule has 1 aromatic heterocycles. The molecule has 2 rings (SSSR count). The SMILES string of the molecule is C/C(=C/Cl)Cn1ccc2ccc(Br)cc21. The molecule has 0 spiro atoms. The number of allylic oxidation sites excluding steroid dienone is 1. The molecule has 0 atom stereocenters. The fourth-order valence-electron chi connectivity index (χ4n) is 1.60. The Morgan fingerprint density at radius 1 is 1.47 bits per heavy atom. The van der Waals surface area contributed by atoms with Crippen molar-refractivity contribution in [3.63, 3.8) is 0 Å². The van der Waals surface area contributed by atoms with Crippen LogP contribution in [0, 0.1) is 0 Å².